The zero-order chi connectivity index (χ0) is 18.0. The summed E-state index contributed by atoms with van der Waals surface area (Å²) in [5.41, 5.74) is 3.15. The van der Waals surface area contributed by atoms with Crippen molar-refractivity contribution in [3.05, 3.63) is 76.1 Å². The zero-order valence-electron chi connectivity index (χ0n) is 14.7. The molecule has 0 radical (unpaired) electrons. The van der Waals surface area contributed by atoms with Crippen LogP contribution in [0.5, 0.6) is 0 Å². The summed E-state index contributed by atoms with van der Waals surface area (Å²) in [4.78, 5) is 29.8. The van der Waals surface area contributed by atoms with Gasteiger partial charge in [0.05, 0.1) is 6.54 Å². The van der Waals surface area contributed by atoms with Gasteiger partial charge in [-0.05, 0) is 36.6 Å². The normalized spacial score (nSPS) is 11.0. The molecule has 0 aliphatic rings. The molecule has 128 valence electrons. The zero-order valence-corrected chi connectivity index (χ0v) is 14.7. The van der Waals surface area contributed by atoms with E-state index in [1.165, 1.54) is 0 Å². The Kier molecular flexibility index (Phi) is 4.70. The van der Waals surface area contributed by atoms with E-state index in [0.717, 1.165) is 22.2 Å². The number of pyridine rings is 1. The largest absolute Gasteiger partial charge is 0.322 e. The third-order valence-electron chi connectivity index (χ3n) is 4.26. The van der Waals surface area contributed by atoms with Crippen molar-refractivity contribution in [2.45, 2.75) is 27.3 Å². The summed E-state index contributed by atoms with van der Waals surface area (Å²) in [6, 6.07) is 17.3. The molecule has 0 aliphatic carbocycles. The van der Waals surface area contributed by atoms with E-state index in [2.05, 4.69) is 4.98 Å². The molecule has 1 amide bonds. The molecule has 1 N–H and O–H groups in total. The molecular weight excluding hydrogens is 312 g/mol. The van der Waals surface area contributed by atoms with Crippen molar-refractivity contribution in [3.63, 3.8) is 0 Å². The lowest BCUT2D eigenvalue weighted by Crippen LogP contribution is -2.35. The number of aromatic amines is 1. The van der Waals surface area contributed by atoms with Crippen LogP contribution in [-0.2, 0) is 11.3 Å². The Balaban J connectivity index is 2.03. The topological polar surface area (TPSA) is 53.2 Å². The lowest BCUT2D eigenvalue weighted by Gasteiger charge is -2.25. The maximum absolute atomic E-state index is 12.7. The molecule has 4 heteroatoms. The monoisotopic (exact) mass is 334 g/mol. The Morgan fingerprint density at radius 2 is 1.76 bits per heavy atom. The van der Waals surface area contributed by atoms with Crippen LogP contribution in [-0.4, -0.2) is 10.9 Å². The first-order valence-corrected chi connectivity index (χ1v) is 8.44. The van der Waals surface area contributed by atoms with E-state index in [0.29, 0.717) is 5.56 Å². The number of para-hydroxylation sites is 1. The van der Waals surface area contributed by atoms with Gasteiger partial charge in [0.15, 0.2) is 0 Å². The number of carbonyl (C=O) groups excluding carboxylic acids is 1. The van der Waals surface area contributed by atoms with Crippen molar-refractivity contribution in [2.75, 3.05) is 4.90 Å². The summed E-state index contributed by atoms with van der Waals surface area (Å²) < 4.78 is 0. The number of benzene rings is 2. The Labute approximate surface area is 147 Å². The molecule has 0 spiro atoms. The Morgan fingerprint density at radius 1 is 1.08 bits per heavy atom. The van der Waals surface area contributed by atoms with Crippen molar-refractivity contribution >= 4 is 22.5 Å². The van der Waals surface area contributed by atoms with Crippen LogP contribution in [0.2, 0.25) is 0 Å². The van der Waals surface area contributed by atoms with Crippen molar-refractivity contribution < 1.29 is 4.79 Å². The van der Waals surface area contributed by atoms with Crippen LogP contribution < -0.4 is 10.5 Å². The van der Waals surface area contributed by atoms with Gasteiger partial charge >= 0.3 is 0 Å². The van der Waals surface area contributed by atoms with Crippen LogP contribution in [0.25, 0.3) is 10.9 Å². The van der Waals surface area contributed by atoms with E-state index < -0.39 is 0 Å². The van der Waals surface area contributed by atoms with Gasteiger partial charge in [-0.2, -0.15) is 0 Å². The van der Waals surface area contributed by atoms with Crippen molar-refractivity contribution in [2.24, 2.45) is 5.92 Å². The SMILES string of the molecule is Cc1ccc(N(Cc2cc3ccccc3[nH]c2=O)C(=O)C(C)C)cc1. The predicted octanol–water partition coefficient (Wildman–Crippen LogP) is 4.03. The number of aryl methyl sites for hydroxylation is 1. The summed E-state index contributed by atoms with van der Waals surface area (Å²) in [7, 11) is 0. The van der Waals surface area contributed by atoms with Crippen LogP contribution in [0.3, 0.4) is 0 Å². The number of nitrogens with one attached hydrogen (secondary N) is 1. The van der Waals surface area contributed by atoms with Gasteiger partial charge < -0.3 is 9.88 Å². The van der Waals surface area contributed by atoms with Crippen LogP contribution in [0.4, 0.5) is 5.69 Å². The molecule has 0 fully saturated rings. The number of H-pyrrole nitrogens is 1. The highest BCUT2D eigenvalue weighted by Gasteiger charge is 2.20. The molecule has 3 aromatic rings. The molecule has 0 saturated carbocycles. The number of amides is 1. The van der Waals surface area contributed by atoms with E-state index >= 15 is 0 Å². The van der Waals surface area contributed by atoms with Gasteiger partial charge in [-0.3, -0.25) is 9.59 Å². The van der Waals surface area contributed by atoms with Crippen LogP contribution >= 0.6 is 0 Å². The minimum atomic E-state index is -0.160. The highest BCUT2D eigenvalue weighted by atomic mass is 16.2. The number of anilines is 1. The first kappa shape index (κ1) is 17.0. The number of fused-ring (bicyclic) bond motifs is 1. The highest BCUT2D eigenvalue weighted by molar-refractivity contribution is 5.94. The number of hydrogen-bond acceptors (Lipinski definition) is 2. The molecule has 0 unspecified atom stereocenters. The fraction of sp³-hybridized carbons (Fsp3) is 0.238. The number of hydrogen-bond donors (Lipinski definition) is 1. The highest BCUT2D eigenvalue weighted by Crippen LogP contribution is 2.21. The standard InChI is InChI=1S/C21H22N2O2/c1-14(2)21(25)23(18-10-8-15(3)9-11-18)13-17-12-16-6-4-5-7-19(16)22-20(17)24/h4-12,14H,13H2,1-3H3,(H,22,24). The number of aromatic nitrogens is 1. The van der Waals surface area contributed by atoms with Crippen LogP contribution in [0.15, 0.2) is 59.4 Å². The van der Waals surface area contributed by atoms with Gasteiger partial charge in [-0.15, -0.1) is 0 Å². The van der Waals surface area contributed by atoms with Gasteiger partial charge in [0, 0.05) is 22.7 Å². The molecule has 1 heterocycles. The minimum absolute atomic E-state index is 0.00332. The molecule has 25 heavy (non-hydrogen) atoms. The van der Waals surface area contributed by atoms with Crippen molar-refractivity contribution in [3.8, 4) is 0 Å². The molecule has 0 bridgehead atoms. The Hall–Kier alpha value is -2.88. The fourth-order valence-corrected chi connectivity index (χ4v) is 2.81. The Bertz CT molecular complexity index is 956. The fourth-order valence-electron chi connectivity index (χ4n) is 2.81. The smallest absolute Gasteiger partial charge is 0.253 e. The van der Waals surface area contributed by atoms with Crippen LogP contribution in [0.1, 0.15) is 25.0 Å². The minimum Gasteiger partial charge on any atom is -0.322 e. The maximum Gasteiger partial charge on any atom is 0.253 e. The molecule has 1 aromatic heterocycles. The average Bonchev–Trinajstić information content (AvgIpc) is 2.60. The first-order chi connectivity index (χ1) is 12.0. The lowest BCUT2D eigenvalue weighted by atomic mass is 10.1. The summed E-state index contributed by atoms with van der Waals surface area (Å²) in [5, 5.41) is 0.956. The third-order valence-corrected chi connectivity index (χ3v) is 4.26. The van der Waals surface area contributed by atoms with Gasteiger partial charge in [-0.25, -0.2) is 0 Å². The van der Waals surface area contributed by atoms with E-state index in [1.807, 2.05) is 75.4 Å². The second kappa shape index (κ2) is 6.93. The van der Waals surface area contributed by atoms with Gasteiger partial charge in [0.1, 0.15) is 0 Å². The summed E-state index contributed by atoms with van der Waals surface area (Å²) in [5.74, 6) is -0.155. The second-order valence-corrected chi connectivity index (χ2v) is 6.63. The van der Waals surface area contributed by atoms with Gasteiger partial charge in [0.25, 0.3) is 5.56 Å². The van der Waals surface area contributed by atoms with Crippen LogP contribution in [0, 0.1) is 12.8 Å². The number of nitrogens with zero attached hydrogens (tertiary/aromatic N) is 1. The van der Waals surface area contributed by atoms with E-state index in [1.54, 1.807) is 4.90 Å². The Morgan fingerprint density at radius 3 is 2.44 bits per heavy atom. The van der Waals surface area contributed by atoms with Crippen molar-refractivity contribution in [1.29, 1.82) is 0 Å². The van der Waals surface area contributed by atoms with E-state index in [9.17, 15) is 9.59 Å². The van der Waals surface area contributed by atoms with Gasteiger partial charge in [-0.1, -0.05) is 49.7 Å². The molecule has 2 aromatic carbocycles. The van der Waals surface area contributed by atoms with Gasteiger partial charge in [0.2, 0.25) is 5.91 Å². The quantitative estimate of drug-likeness (QED) is 0.783. The number of rotatable bonds is 4. The molecule has 0 aliphatic heterocycles. The summed E-state index contributed by atoms with van der Waals surface area (Å²) in [6.45, 7) is 6.00. The third kappa shape index (κ3) is 3.63. The van der Waals surface area contributed by atoms with E-state index in [-0.39, 0.29) is 23.9 Å². The van der Waals surface area contributed by atoms with Crippen molar-refractivity contribution in [1.82, 2.24) is 4.98 Å². The predicted molar refractivity (Wildman–Crippen MR) is 102 cm³/mol. The molecule has 4 nitrogen and oxygen atoms in total. The first-order valence-electron chi connectivity index (χ1n) is 8.44. The summed E-state index contributed by atoms with van der Waals surface area (Å²) in [6.07, 6.45) is 0. The molecule has 0 atom stereocenters. The summed E-state index contributed by atoms with van der Waals surface area (Å²) >= 11 is 0. The lowest BCUT2D eigenvalue weighted by molar-refractivity contribution is -0.121. The molecule has 0 saturated heterocycles. The maximum atomic E-state index is 12.7. The average molecular weight is 334 g/mol. The second-order valence-electron chi connectivity index (χ2n) is 6.63. The molecular formula is C21H22N2O2. The number of carbonyl (C=O) groups is 1. The molecule has 3 rings (SSSR count). The van der Waals surface area contributed by atoms with E-state index in [4.69, 9.17) is 0 Å².